The lowest BCUT2D eigenvalue weighted by molar-refractivity contribution is -0.0768. The van der Waals surface area contributed by atoms with Crippen LogP contribution in [-0.4, -0.2) is 48.8 Å². The smallest absolute Gasteiger partial charge is 0.277 e. The van der Waals surface area contributed by atoms with Gasteiger partial charge in [-0.3, -0.25) is 14.4 Å². The molecule has 1 saturated heterocycles. The Morgan fingerprint density at radius 3 is 2.57 bits per heavy atom. The number of carbonyl (C=O) groups is 2. The van der Waals surface area contributed by atoms with E-state index in [0.717, 1.165) is 17.3 Å². The third kappa shape index (κ3) is 3.46. The van der Waals surface area contributed by atoms with E-state index in [1.54, 1.807) is 12.1 Å². The van der Waals surface area contributed by atoms with Crippen LogP contribution in [0.15, 0.2) is 42.5 Å². The molecule has 1 aliphatic rings. The van der Waals surface area contributed by atoms with Gasteiger partial charge in [0.05, 0.1) is 33.1 Å². The van der Waals surface area contributed by atoms with E-state index in [1.807, 2.05) is 41.9 Å². The normalized spacial score (nSPS) is 13.5. The lowest BCUT2D eigenvalue weighted by Crippen LogP contribution is -2.26. The van der Waals surface area contributed by atoms with Crippen LogP contribution < -0.4 is 14.8 Å². The van der Waals surface area contributed by atoms with Gasteiger partial charge in [0.15, 0.2) is 11.5 Å². The fraction of sp³-hybridized carbons (Fsp3) is 0.273. The van der Waals surface area contributed by atoms with Gasteiger partial charge >= 0.3 is 0 Å². The number of anilines is 1. The van der Waals surface area contributed by atoms with Gasteiger partial charge in [-0.1, -0.05) is 18.2 Å². The molecule has 0 radical (unpaired) electrons. The van der Waals surface area contributed by atoms with Crippen molar-refractivity contribution >= 4 is 28.4 Å². The first-order valence-electron chi connectivity index (χ1n) is 9.60. The molecule has 2 heterocycles. The second kappa shape index (κ2) is 8.08. The van der Waals surface area contributed by atoms with E-state index in [1.165, 1.54) is 19.3 Å². The quantitative estimate of drug-likeness (QED) is 0.700. The predicted octanol–water partition coefficient (Wildman–Crippen LogP) is 3.23. The number of nitrogens with one attached hydrogen (secondary N) is 1. The van der Waals surface area contributed by atoms with Crippen molar-refractivity contribution in [3.05, 3.63) is 53.7 Å². The Labute approximate surface area is 173 Å². The average Bonchev–Trinajstić information content (AvgIpc) is 3.41. The van der Waals surface area contributed by atoms with Crippen LogP contribution in [-0.2, 0) is 11.9 Å². The molecule has 4 rings (SSSR count). The number of hydroxylamine groups is 2. The molecule has 1 N–H and O–H groups in total. The lowest BCUT2D eigenvalue weighted by Gasteiger charge is -2.18. The van der Waals surface area contributed by atoms with Crippen LogP contribution in [0.2, 0.25) is 0 Å². The highest BCUT2D eigenvalue weighted by atomic mass is 16.7. The van der Waals surface area contributed by atoms with Gasteiger partial charge in [0.25, 0.3) is 11.8 Å². The summed E-state index contributed by atoms with van der Waals surface area (Å²) in [6.45, 7) is 1.02. The van der Waals surface area contributed by atoms with Crippen LogP contribution in [0.5, 0.6) is 11.5 Å². The molecule has 3 aromatic rings. The molecule has 1 fully saturated rings. The summed E-state index contributed by atoms with van der Waals surface area (Å²) < 4.78 is 12.7. The second-order valence-electron chi connectivity index (χ2n) is 6.95. The molecule has 0 aliphatic carbocycles. The van der Waals surface area contributed by atoms with Crippen LogP contribution in [0, 0.1) is 0 Å². The van der Waals surface area contributed by atoms with Gasteiger partial charge in [-0.2, -0.15) is 0 Å². The van der Waals surface area contributed by atoms with Crippen molar-refractivity contribution in [3.8, 4) is 11.5 Å². The first-order chi connectivity index (χ1) is 14.5. The molecule has 2 amide bonds. The molecule has 0 saturated carbocycles. The number of amides is 2. The Morgan fingerprint density at radius 2 is 1.90 bits per heavy atom. The Hall–Kier alpha value is -3.52. The third-order valence-corrected chi connectivity index (χ3v) is 5.14. The largest absolute Gasteiger partial charge is 0.493 e. The number of methoxy groups -OCH3 is 2. The highest BCUT2D eigenvalue weighted by Crippen LogP contribution is 2.37. The first kappa shape index (κ1) is 19.8. The van der Waals surface area contributed by atoms with Gasteiger partial charge in [0.2, 0.25) is 0 Å². The molecule has 0 bridgehead atoms. The Bertz CT molecular complexity index is 1120. The van der Waals surface area contributed by atoms with E-state index in [2.05, 4.69) is 5.32 Å². The van der Waals surface area contributed by atoms with E-state index in [9.17, 15) is 9.59 Å². The Kier molecular flexibility index (Phi) is 5.33. The maximum Gasteiger partial charge on any atom is 0.277 e. The summed E-state index contributed by atoms with van der Waals surface area (Å²) in [5, 5.41) is 5.14. The highest BCUT2D eigenvalue weighted by Gasteiger charge is 2.25. The van der Waals surface area contributed by atoms with Crippen molar-refractivity contribution in [1.82, 2.24) is 9.63 Å². The van der Waals surface area contributed by atoms with Gasteiger partial charge in [-0.05, 0) is 30.7 Å². The standard InChI is InChI=1S/C22H23N3O5/c1-24-17-8-5-4-7-14(17)12-18(24)21(26)23-16-11-15(13-19(28-2)20(16)29-3)22(27)25-9-6-10-30-25/h4-5,7-8,11-13H,6,9-10H2,1-3H3,(H,23,26). The number of aromatic nitrogens is 1. The van der Waals surface area contributed by atoms with Crippen LogP contribution in [0.3, 0.4) is 0 Å². The number of benzene rings is 2. The van der Waals surface area contributed by atoms with E-state index >= 15 is 0 Å². The van der Waals surface area contributed by atoms with E-state index in [-0.39, 0.29) is 11.8 Å². The number of fused-ring (bicyclic) bond motifs is 1. The number of aryl methyl sites for hydroxylation is 1. The molecule has 0 atom stereocenters. The summed E-state index contributed by atoms with van der Waals surface area (Å²) in [6, 6.07) is 12.7. The van der Waals surface area contributed by atoms with E-state index < -0.39 is 0 Å². The summed E-state index contributed by atoms with van der Waals surface area (Å²) in [5.41, 5.74) is 2.11. The average molecular weight is 409 g/mol. The molecular formula is C22H23N3O5. The summed E-state index contributed by atoms with van der Waals surface area (Å²) >= 11 is 0. The maximum absolute atomic E-state index is 13.1. The van der Waals surface area contributed by atoms with Gasteiger partial charge in [-0.25, -0.2) is 5.06 Å². The van der Waals surface area contributed by atoms with Crippen molar-refractivity contribution in [3.63, 3.8) is 0 Å². The van der Waals surface area contributed by atoms with Crippen LogP contribution in [0.25, 0.3) is 10.9 Å². The number of nitrogens with zero attached hydrogens (tertiary/aromatic N) is 2. The summed E-state index contributed by atoms with van der Waals surface area (Å²) in [7, 11) is 4.79. The van der Waals surface area contributed by atoms with Gasteiger partial charge in [-0.15, -0.1) is 0 Å². The minimum atomic E-state index is -0.323. The van der Waals surface area contributed by atoms with Crippen molar-refractivity contribution in [1.29, 1.82) is 0 Å². The van der Waals surface area contributed by atoms with Gasteiger partial charge < -0.3 is 19.4 Å². The number of hydrogen-bond donors (Lipinski definition) is 1. The van der Waals surface area contributed by atoms with Gasteiger partial charge in [0, 0.05) is 23.5 Å². The zero-order chi connectivity index (χ0) is 21.3. The topological polar surface area (TPSA) is 82.0 Å². The number of para-hydroxylation sites is 1. The maximum atomic E-state index is 13.1. The summed E-state index contributed by atoms with van der Waals surface area (Å²) in [6.07, 6.45) is 0.781. The molecule has 2 aromatic carbocycles. The third-order valence-electron chi connectivity index (χ3n) is 5.14. The van der Waals surface area contributed by atoms with Crippen molar-refractivity contribution in [2.45, 2.75) is 6.42 Å². The SMILES string of the molecule is COc1cc(C(=O)N2CCCO2)cc(NC(=O)c2cc3ccccc3n2C)c1OC. The Morgan fingerprint density at radius 1 is 1.10 bits per heavy atom. The molecule has 30 heavy (non-hydrogen) atoms. The number of carbonyl (C=O) groups excluding carboxylic acids is 2. The fourth-order valence-corrected chi connectivity index (χ4v) is 3.63. The molecule has 1 aromatic heterocycles. The molecule has 0 unspecified atom stereocenters. The molecule has 8 heteroatoms. The minimum Gasteiger partial charge on any atom is -0.493 e. The number of rotatable bonds is 5. The van der Waals surface area contributed by atoms with E-state index in [0.29, 0.717) is 41.6 Å². The van der Waals surface area contributed by atoms with Crippen LogP contribution >= 0.6 is 0 Å². The Balaban J connectivity index is 1.71. The molecule has 1 aliphatic heterocycles. The van der Waals surface area contributed by atoms with Crippen LogP contribution in [0.1, 0.15) is 27.3 Å². The second-order valence-corrected chi connectivity index (χ2v) is 6.95. The first-order valence-corrected chi connectivity index (χ1v) is 9.60. The number of ether oxygens (including phenoxy) is 2. The monoisotopic (exact) mass is 409 g/mol. The van der Waals surface area contributed by atoms with E-state index in [4.69, 9.17) is 14.3 Å². The molecular weight excluding hydrogens is 386 g/mol. The fourth-order valence-electron chi connectivity index (χ4n) is 3.63. The summed E-state index contributed by atoms with van der Waals surface area (Å²) in [5.74, 6) is 0.0584. The minimum absolute atomic E-state index is 0.298. The molecule has 0 spiro atoms. The van der Waals surface area contributed by atoms with Crippen LogP contribution in [0.4, 0.5) is 5.69 Å². The lowest BCUT2D eigenvalue weighted by atomic mass is 10.1. The zero-order valence-electron chi connectivity index (χ0n) is 17.1. The molecule has 8 nitrogen and oxygen atoms in total. The predicted molar refractivity (Wildman–Crippen MR) is 112 cm³/mol. The van der Waals surface area contributed by atoms with Crippen molar-refractivity contribution in [2.24, 2.45) is 7.05 Å². The highest BCUT2D eigenvalue weighted by molar-refractivity contribution is 6.08. The molecule has 156 valence electrons. The zero-order valence-corrected chi connectivity index (χ0v) is 17.1. The van der Waals surface area contributed by atoms with Crippen molar-refractivity contribution in [2.75, 3.05) is 32.7 Å². The van der Waals surface area contributed by atoms with Gasteiger partial charge in [0.1, 0.15) is 5.69 Å². The summed E-state index contributed by atoms with van der Waals surface area (Å²) in [4.78, 5) is 31.2. The van der Waals surface area contributed by atoms with Crippen molar-refractivity contribution < 1.29 is 23.9 Å². The number of hydrogen-bond acceptors (Lipinski definition) is 5.